The molecule has 2 heterocycles. The lowest BCUT2D eigenvalue weighted by Gasteiger charge is -2.20. The number of carbonyl (C=O) groups excluding carboxylic acids is 2. The Morgan fingerprint density at radius 3 is 2.31 bits per heavy atom. The number of alkyl halides is 1. The summed E-state index contributed by atoms with van der Waals surface area (Å²) in [4.78, 5) is 41.6. The first-order chi connectivity index (χ1) is 19.8. The first-order valence-corrected chi connectivity index (χ1v) is 13.5. The van der Waals surface area contributed by atoms with Crippen LogP contribution in [0.2, 0.25) is 0 Å². The molecule has 2 amide bonds. The number of hydrogen-bond donors (Lipinski definition) is 1. The van der Waals surface area contributed by atoms with E-state index >= 15 is 8.78 Å². The summed E-state index contributed by atoms with van der Waals surface area (Å²) < 4.78 is 60.9. The maximum absolute atomic E-state index is 15.3. The molecule has 0 bridgehead atoms. The van der Waals surface area contributed by atoms with Crippen molar-refractivity contribution in [2.45, 2.75) is 37.9 Å². The Hall–Kier alpha value is -3.89. The molecule has 0 spiro atoms. The van der Waals surface area contributed by atoms with Crippen molar-refractivity contribution in [2.75, 3.05) is 32.3 Å². The Labute approximate surface area is 242 Å². The molecule has 1 fully saturated rings. The molecule has 224 valence electrons. The lowest BCUT2D eigenvalue weighted by molar-refractivity contribution is -0.118. The van der Waals surface area contributed by atoms with Gasteiger partial charge in [-0.25, -0.2) is 8.78 Å². The van der Waals surface area contributed by atoms with Gasteiger partial charge in [0.1, 0.15) is 34.9 Å². The molecule has 4 atom stereocenters. The van der Waals surface area contributed by atoms with E-state index in [9.17, 15) is 18.8 Å². The Kier molecular flexibility index (Phi) is 9.27. The number of rotatable bonds is 10. The van der Waals surface area contributed by atoms with Crippen molar-refractivity contribution in [1.29, 1.82) is 0 Å². The van der Waals surface area contributed by atoms with E-state index in [-0.39, 0.29) is 42.4 Å². The predicted molar refractivity (Wildman–Crippen MR) is 153 cm³/mol. The zero-order valence-electron chi connectivity index (χ0n) is 23.4. The molecule has 0 radical (unpaired) electrons. The molecular weight excluding hydrogens is 574 g/mol. The summed E-state index contributed by atoms with van der Waals surface area (Å²) >= 11 is 0. The van der Waals surface area contributed by atoms with Crippen molar-refractivity contribution >= 4 is 26.7 Å². The van der Waals surface area contributed by atoms with Crippen molar-refractivity contribution in [3.05, 3.63) is 87.3 Å². The molecule has 0 saturated carbocycles. The summed E-state index contributed by atoms with van der Waals surface area (Å²) in [7, 11) is 4.64. The van der Waals surface area contributed by atoms with Crippen LogP contribution in [0.3, 0.4) is 0 Å². The number of nitrogens with one attached hydrogen (secondary N) is 1. The molecule has 0 aliphatic carbocycles. The summed E-state index contributed by atoms with van der Waals surface area (Å²) in [6.07, 6.45) is 1.57. The van der Waals surface area contributed by atoms with Crippen LogP contribution in [0.5, 0.6) is 11.5 Å². The van der Waals surface area contributed by atoms with Gasteiger partial charge in [0.25, 0.3) is 17.1 Å². The smallest absolute Gasteiger partial charge is 0.274 e. The first-order valence-electron chi connectivity index (χ1n) is 13.0. The largest absolute Gasteiger partial charge is 0.497 e. The van der Waals surface area contributed by atoms with E-state index in [4.69, 9.17) is 14.2 Å². The highest BCUT2D eigenvalue weighted by atomic mass is 31.0. The summed E-state index contributed by atoms with van der Waals surface area (Å²) in [6.45, 7) is 3.00. The van der Waals surface area contributed by atoms with Gasteiger partial charge in [-0.2, -0.15) is 4.39 Å². The summed E-state index contributed by atoms with van der Waals surface area (Å²) in [5.41, 5.74) is -2.37. The minimum Gasteiger partial charge on any atom is -0.497 e. The van der Waals surface area contributed by atoms with Crippen LogP contribution >= 0.6 is 9.24 Å². The topological polar surface area (TPSA) is 99.1 Å². The third-order valence-electron chi connectivity index (χ3n) is 6.84. The number of amides is 2. The maximum atomic E-state index is 15.3. The Morgan fingerprint density at radius 1 is 1.10 bits per heavy atom. The minimum absolute atomic E-state index is 0.0305. The molecule has 4 rings (SSSR count). The number of ether oxygens (including phenoxy) is 3. The molecule has 1 aromatic heterocycles. The second kappa shape index (κ2) is 12.5. The van der Waals surface area contributed by atoms with Gasteiger partial charge in [-0.15, -0.1) is 0 Å². The molecular formula is C29H31F3N3O6P. The van der Waals surface area contributed by atoms with Crippen LogP contribution in [0.15, 0.2) is 53.5 Å². The number of aromatic nitrogens is 1. The maximum Gasteiger partial charge on any atom is 0.274 e. The van der Waals surface area contributed by atoms with Gasteiger partial charge in [0.2, 0.25) is 5.91 Å². The highest BCUT2D eigenvalue weighted by molar-refractivity contribution is 7.18. The number of nitrogens with zero attached hydrogens (tertiary/aromatic N) is 2. The molecule has 9 nitrogen and oxygen atoms in total. The average Bonchev–Trinajstić information content (AvgIpc) is 3.22. The van der Waals surface area contributed by atoms with Crippen LogP contribution in [0.1, 0.15) is 34.3 Å². The Bertz CT molecular complexity index is 1520. The third kappa shape index (κ3) is 6.60. The van der Waals surface area contributed by atoms with E-state index in [1.807, 2.05) is 9.24 Å². The summed E-state index contributed by atoms with van der Waals surface area (Å²) in [5, 5.41) is 2.59. The number of benzene rings is 2. The summed E-state index contributed by atoms with van der Waals surface area (Å²) in [5.74, 6) is -4.50. The lowest BCUT2D eigenvalue weighted by Crippen LogP contribution is -2.45. The Morgan fingerprint density at radius 2 is 1.74 bits per heavy atom. The fraction of sp³-hybridized carbons (Fsp3) is 0.345. The molecule has 1 saturated heterocycles. The fourth-order valence-corrected chi connectivity index (χ4v) is 5.00. The zero-order valence-corrected chi connectivity index (χ0v) is 24.6. The van der Waals surface area contributed by atoms with E-state index in [1.54, 1.807) is 19.2 Å². The van der Waals surface area contributed by atoms with Gasteiger partial charge in [-0.1, -0.05) is 9.24 Å². The first kappa shape index (κ1) is 31.1. The van der Waals surface area contributed by atoms with Gasteiger partial charge < -0.3 is 29.0 Å². The number of methoxy groups -OCH3 is 2. The second-order valence-corrected chi connectivity index (χ2v) is 11.0. The monoisotopic (exact) mass is 605 g/mol. The van der Waals surface area contributed by atoms with Crippen LogP contribution in [0.25, 0.3) is 0 Å². The molecule has 2 aromatic carbocycles. The van der Waals surface area contributed by atoms with Gasteiger partial charge in [-0.05, 0) is 42.8 Å². The van der Waals surface area contributed by atoms with Gasteiger partial charge in [-0.3, -0.25) is 14.4 Å². The quantitative estimate of drug-likeness (QED) is 0.352. The number of halogens is 3. The van der Waals surface area contributed by atoms with E-state index in [2.05, 4.69) is 5.32 Å². The number of aryl methyl sites for hydroxylation is 1. The van der Waals surface area contributed by atoms with E-state index in [0.29, 0.717) is 5.56 Å². The molecule has 3 aromatic rings. The molecule has 13 heteroatoms. The Balaban J connectivity index is 1.73. The lowest BCUT2D eigenvalue weighted by atomic mass is 9.92. The standard InChI is InChI=1S/C29H31F3N3O6P/c1-16-9-10-34(11-12-39-3)28(38)25(16)35-15-20(23-21(30)13-19(40-4)14-22(23)31)24(27(35)37)33-26(36)17-5-7-18(8-6-17)41-29(2,32)42/h5-10,13-14,20,24H,11-12,15,42H2,1-4H3,(H,33,36)/t20-,24-,29?/m0/s1. The minimum atomic E-state index is -2.03. The van der Waals surface area contributed by atoms with Gasteiger partial charge >= 0.3 is 0 Å². The SMILES string of the molecule is COCCn1ccc(C)c(N2C[C@@H](c3c(F)cc(OC)cc3F)[C@H](NC(=O)c3ccc(OC(C)(F)P)cc3)C2=O)c1=O. The van der Waals surface area contributed by atoms with Crippen LogP contribution in [0.4, 0.5) is 18.9 Å². The third-order valence-corrected chi connectivity index (χ3v) is 6.96. The summed E-state index contributed by atoms with van der Waals surface area (Å²) in [6, 6.07) is 7.65. The predicted octanol–water partition coefficient (Wildman–Crippen LogP) is 3.92. The molecule has 42 heavy (non-hydrogen) atoms. The highest BCUT2D eigenvalue weighted by Gasteiger charge is 2.46. The van der Waals surface area contributed by atoms with Crippen molar-refractivity contribution in [3.63, 3.8) is 0 Å². The second-order valence-electron chi connectivity index (χ2n) is 9.96. The van der Waals surface area contributed by atoms with Gasteiger partial charge in [0.15, 0.2) is 0 Å². The normalized spacial score (nSPS) is 18.1. The van der Waals surface area contributed by atoms with Gasteiger partial charge in [0.05, 0.1) is 13.7 Å². The fourth-order valence-electron chi connectivity index (χ4n) is 4.86. The molecule has 1 N–H and O–H groups in total. The molecule has 1 aliphatic heterocycles. The van der Waals surface area contributed by atoms with E-state index in [1.165, 1.54) is 50.0 Å². The van der Waals surface area contributed by atoms with E-state index < -0.39 is 52.1 Å². The van der Waals surface area contributed by atoms with Crippen LogP contribution in [0, 0.1) is 18.6 Å². The number of pyridine rings is 1. The average molecular weight is 606 g/mol. The zero-order chi connectivity index (χ0) is 30.8. The van der Waals surface area contributed by atoms with E-state index in [0.717, 1.165) is 17.0 Å². The molecule has 2 unspecified atom stereocenters. The number of carbonyl (C=O) groups is 2. The van der Waals surface area contributed by atoms with Crippen molar-refractivity contribution in [3.8, 4) is 11.5 Å². The van der Waals surface area contributed by atoms with Crippen molar-refractivity contribution in [1.82, 2.24) is 9.88 Å². The van der Waals surface area contributed by atoms with Crippen LogP contribution < -0.4 is 25.2 Å². The number of hydrogen-bond acceptors (Lipinski definition) is 6. The van der Waals surface area contributed by atoms with Crippen LogP contribution in [-0.4, -0.2) is 55.4 Å². The van der Waals surface area contributed by atoms with Crippen molar-refractivity contribution < 1.29 is 37.0 Å². The van der Waals surface area contributed by atoms with Crippen LogP contribution in [-0.2, 0) is 16.1 Å². The van der Waals surface area contributed by atoms with Crippen molar-refractivity contribution in [2.24, 2.45) is 0 Å². The highest BCUT2D eigenvalue weighted by Crippen LogP contribution is 2.36. The van der Waals surface area contributed by atoms with Gasteiger partial charge in [0, 0.05) is 62.5 Å². The number of anilines is 1. The molecule has 1 aliphatic rings.